The molecular weight excluding hydrogens is 602 g/mol. The van der Waals surface area contributed by atoms with Crippen LogP contribution in [0.4, 0.5) is 0 Å². The van der Waals surface area contributed by atoms with Gasteiger partial charge in [-0.3, -0.25) is 9.59 Å². The van der Waals surface area contributed by atoms with Gasteiger partial charge in [0.15, 0.2) is 0 Å². The summed E-state index contributed by atoms with van der Waals surface area (Å²) in [6.45, 7) is 10.5. The summed E-state index contributed by atoms with van der Waals surface area (Å²) in [4.78, 5) is 29.2. The van der Waals surface area contributed by atoms with Crippen LogP contribution in [0.25, 0.3) is 0 Å². The molecule has 0 saturated heterocycles. The van der Waals surface area contributed by atoms with Crippen molar-refractivity contribution in [1.29, 1.82) is 0 Å². The van der Waals surface area contributed by atoms with Crippen LogP contribution in [0.1, 0.15) is 58.3 Å². The Morgan fingerprint density at radius 2 is 1.91 bits per heavy atom. The van der Waals surface area contributed by atoms with E-state index in [1.54, 1.807) is 37.8 Å². The van der Waals surface area contributed by atoms with Gasteiger partial charge in [-0.15, -0.1) is 24.5 Å². The SMILES string of the molecule is C=CCO[C@@H]1C[C@H](NC[C@H](O)[C@H](Cc2ccccc2)NC(=O)[C@H](CC=C)N(C)C(=O)c2sccc2OCC)c2cc(OC)ccc21. The van der Waals surface area contributed by atoms with Crippen LogP contribution < -0.4 is 20.1 Å². The summed E-state index contributed by atoms with van der Waals surface area (Å²) in [5.41, 5.74) is 3.09. The fraction of sp³-hybridized carbons (Fsp3) is 0.389. The minimum absolute atomic E-state index is 0.0924. The highest BCUT2D eigenvalue weighted by atomic mass is 32.1. The van der Waals surface area contributed by atoms with Crippen LogP contribution in [0.15, 0.2) is 85.3 Å². The fourth-order valence-corrected chi connectivity index (χ4v) is 6.55. The predicted octanol–water partition coefficient (Wildman–Crippen LogP) is 5.24. The van der Waals surface area contributed by atoms with E-state index in [2.05, 4.69) is 23.8 Å². The molecule has 0 fully saturated rings. The van der Waals surface area contributed by atoms with Crippen molar-refractivity contribution >= 4 is 23.2 Å². The Morgan fingerprint density at radius 3 is 2.61 bits per heavy atom. The molecule has 0 unspecified atom stereocenters. The van der Waals surface area contributed by atoms with E-state index in [0.717, 1.165) is 22.4 Å². The number of likely N-dealkylation sites (N-methyl/N-ethyl adjacent to an activating group) is 1. The number of hydrogen-bond donors (Lipinski definition) is 3. The third-order valence-electron chi connectivity index (χ3n) is 8.15. The van der Waals surface area contributed by atoms with E-state index in [0.29, 0.717) is 36.7 Å². The minimum Gasteiger partial charge on any atom is -0.497 e. The molecule has 0 aliphatic heterocycles. The van der Waals surface area contributed by atoms with Gasteiger partial charge in [0.05, 0.1) is 38.6 Å². The molecule has 9 nitrogen and oxygen atoms in total. The number of carbonyl (C=O) groups excluding carboxylic acids is 2. The van der Waals surface area contributed by atoms with Gasteiger partial charge in [0.25, 0.3) is 5.91 Å². The number of carbonyl (C=O) groups is 2. The van der Waals surface area contributed by atoms with Gasteiger partial charge < -0.3 is 34.9 Å². The number of ether oxygens (including phenoxy) is 3. The topological polar surface area (TPSA) is 109 Å². The molecule has 46 heavy (non-hydrogen) atoms. The zero-order valence-corrected chi connectivity index (χ0v) is 27.6. The summed E-state index contributed by atoms with van der Waals surface area (Å²) in [6.07, 6.45) is 3.60. The Kier molecular flexibility index (Phi) is 13.0. The number of aliphatic hydroxyl groups excluding tert-OH is 1. The molecular formula is C36H45N3O6S. The second-order valence-electron chi connectivity index (χ2n) is 11.2. The zero-order valence-electron chi connectivity index (χ0n) is 26.8. The van der Waals surface area contributed by atoms with Gasteiger partial charge in [-0.2, -0.15) is 0 Å². The molecule has 3 N–H and O–H groups in total. The maximum atomic E-state index is 13.9. The monoisotopic (exact) mass is 647 g/mol. The van der Waals surface area contributed by atoms with Gasteiger partial charge in [0, 0.05) is 19.6 Å². The normalized spacial score (nSPS) is 17.3. The number of benzene rings is 2. The molecule has 1 aliphatic carbocycles. The van der Waals surface area contributed by atoms with E-state index in [9.17, 15) is 14.7 Å². The van der Waals surface area contributed by atoms with Crippen LogP contribution in [-0.2, 0) is 16.0 Å². The second-order valence-corrected chi connectivity index (χ2v) is 12.1. The molecule has 1 aromatic heterocycles. The second kappa shape index (κ2) is 17.1. The summed E-state index contributed by atoms with van der Waals surface area (Å²) in [5.74, 6) is 0.547. The van der Waals surface area contributed by atoms with E-state index in [4.69, 9.17) is 14.2 Å². The number of aliphatic hydroxyl groups is 1. The molecule has 3 aromatic rings. The van der Waals surface area contributed by atoms with E-state index >= 15 is 0 Å². The summed E-state index contributed by atoms with van der Waals surface area (Å²) in [7, 11) is 3.24. The van der Waals surface area contributed by atoms with Crippen molar-refractivity contribution in [2.75, 3.05) is 33.9 Å². The lowest BCUT2D eigenvalue weighted by Gasteiger charge is -2.31. The van der Waals surface area contributed by atoms with E-state index in [1.165, 1.54) is 16.2 Å². The van der Waals surface area contributed by atoms with Gasteiger partial charge in [-0.25, -0.2) is 0 Å². The van der Waals surface area contributed by atoms with Crippen molar-refractivity contribution in [3.8, 4) is 11.5 Å². The third-order valence-corrected chi connectivity index (χ3v) is 9.03. The van der Waals surface area contributed by atoms with Crippen LogP contribution in [0, 0.1) is 0 Å². The highest BCUT2D eigenvalue weighted by Gasteiger charge is 2.34. The number of amides is 2. The average molecular weight is 648 g/mol. The van der Waals surface area contributed by atoms with E-state index in [-0.39, 0.29) is 36.9 Å². The molecule has 0 bridgehead atoms. The molecule has 4 rings (SSSR count). The minimum atomic E-state index is -0.946. The smallest absolute Gasteiger partial charge is 0.268 e. The number of fused-ring (bicyclic) bond motifs is 1. The molecule has 5 atom stereocenters. The van der Waals surface area contributed by atoms with Crippen LogP contribution in [0.3, 0.4) is 0 Å². The Hall–Kier alpha value is -3.96. The third kappa shape index (κ3) is 8.64. The van der Waals surface area contributed by atoms with Crippen LogP contribution in [-0.4, -0.2) is 73.9 Å². The predicted molar refractivity (Wildman–Crippen MR) is 182 cm³/mol. The first-order valence-corrected chi connectivity index (χ1v) is 16.4. The number of hydrogen-bond acceptors (Lipinski definition) is 8. The molecule has 2 aromatic carbocycles. The molecule has 1 aliphatic rings. The number of rotatable bonds is 18. The summed E-state index contributed by atoms with van der Waals surface area (Å²) in [5, 5.41) is 19.9. The van der Waals surface area contributed by atoms with E-state index in [1.807, 2.05) is 55.5 Å². The first-order valence-electron chi connectivity index (χ1n) is 15.6. The number of methoxy groups -OCH3 is 1. The van der Waals surface area contributed by atoms with Gasteiger partial charge in [0.2, 0.25) is 5.91 Å². The lowest BCUT2D eigenvalue weighted by atomic mass is 9.99. The Bertz CT molecular complexity index is 1460. The summed E-state index contributed by atoms with van der Waals surface area (Å²) in [6, 6.07) is 15.8. The Morgan fingerprint density at radius 1 is 1.13 bits per heavy atom. The largest absolute Gasteiger partial charge is 0.497 e. The highest BCUT2D eigenvalue weighted by Crippen LogP contribution is 2.42. The van der Waals surface area contributed by atoms with Crippen molar-refractivity contribution < 1.29 is 28.9 Å². The first kappa shape index (κ1) is 34.9. The quantitative estimate of drug-likeness (QED) is 0.162. The molecule has 246 valence electrons. The molecule has 10 heteroatoms. The number of nitrogens with zero attached hydrogens (tertiary/aromatic N) is 1. The van der Waals surface area contributed by atoms with Crippen molar-refractivity contribution in [3.63, 3.8) is 0 Å². The van der Waals surface area contributed by atoms with Crippen molar-refractivity contribution in [2.24, 2.45) is 0 Å². The Labute approximate surface area is 275 Å². The summed E-state index contributed by atoms with van der Waals surface area (Å²) >= 11 is 1.27. The maximum Gasteiger partial charge on any atom is 0.268 e. The zero-order chi connectivity index (χ0) is 33.1. The van der Waals surface area contributed by atoms with Crippen LogP contribution >= 0.6 is 11.3 Å². The molecule has 0 radical (unpaired) electrons. The maximum absolute atomic E-state index is 13.9. The highest BCUT2D eigenvalue weighted by molar-refractivity contribution is 7.12. The average Bonchev–Trinajstić information content (AvgIpc) is 3.68. The summed E-state index contributed by atoms with van der Waals surface area (Å²) < 4.78 is 17.1. The van der Waals surface area contributed by atoms with Crippen LogP contribution in [0.5, 0.6) is 11.5 Å². The molecule has 2 amide bonds. The number of thiophene rings is 1. The first-order chi connectivity index (χ1) is 22.3. The van der Waals surface area contributed by atoms with Gasteiger partial charge in [-0.05, 0) is 66.5 Å². The molecule has 0 spiro atoms. The molecule has 0 saturated carbocycles. The number of nitrogens with one attached hydrogen (secondary N) is 2. The van der Waals surface area contributed by atoms with Crippen molar-refractivity contribution in [2.45, 2.75) is 56.5 Å². The standard InChI is InChI=1S/C36H45N3O6S/c1-6-12-30(39(4)36(42)34-32(44-8-3)17-19-46-34)35(41)38-29(20-24-13-10-9-11-14-24)31(40)23-37-28-22-33(45-18-7-2)26-16-15-25(43-5)21-27(26)28/h6-7,9-11,13-17,19,21,28-31,33,37,40H,1-2,8,12,18,20,22-23H2,3-5H3,(H,38,41)/t28-,29-,30-,31-,33+/m0/s1. The Balaban J connectivity index is 1.51. The fourth-order valence-electron chi connectivity index (χ4n) is 5.74. The molecule has 1 heterocycles. The lowest BCUT2D eigenvalue weighted by Crippen LogP contribution is -2.55. The van der Waals surface area contributed by atoms with Crippen LogP contribution in [0.2, 0.25) is 0 Å². The van der Waals surface area contributed by atoms with Gasteiger partial charge in [0.1, 0.15) is 22.4 Å². The van der Waals surface area contributed by atoms with Crippen molar-refractivity contribution in [3.05, 3.63) is 107 Å². The van der Waals surface area contributed by atoms with E-state index < -0.39 is 18.2 Å². The van der Waals surface area contributed by atoms with Gasteiger partial charge >= 0.3 is 0 Å². The van der Waals surface area contributed by atoms with Gasteiger partial charge in [-0.1, -0.05) is 48.6 Å². The lowest BCUT2D eigenvalue weighted by molar-refractivity contribution is -0.126. The van der Waals surface area contributed by atoms with Crippen molar-refractivity contribution in [1.82, 2.24) is 15.5 Å².